The maximum absolute atomic E-state index is 13.8. The van der Waals surface area contributed by atoms with E-state index in [0.29, 0.717) is 22.5 Å². The van der Waals surface area contributed by atoms with Crippen LogP contribution in [0.3, 0.4) is 0 Å². The first-order chi connectivity index (χ1) is 10.0. The Morgan fingerprint density at radius 3 is 2.33 bits per heavy atom. The van der Waals surface area contributed by atoms with Crippen LogP contribution in [0.15, 0.2) is 22.7 Å². The molecule has 0 spiro atoms. The fourth-order valence-electron chi connectivity index (χ4n) is 1.76. The van der Waals surface area contributed by atoms with Gasteiger partial charge in [-0.1, -0.05) is 22.9 Å². The van der Waals surface area contributed by atoms with Crippen molar-refractivity contribution in [3.05, 3.63) is 40.1 Å². The Morgan fingerprint density at radius 1 is 1.14 bits per heavy atom. The molecule has 0 saturated carbocycles. The van der Waals surface area contributed by atoms with Gasteiger partial charge < -0.3 is 10.7 Å². The summed E-state index contributed by atoms with van der Waals surface area (Å²) in [7, 11) is 0. The average molecular weight is 358 g/mol. The molecule has 2 aromatic rings. The summed E-state index contributed by atoms with van der Waals surface area (Å²) < 4.78 is 27.9. The second-order valence-electron chi connectivity index (χ2n) is 4.32. The molecule has 8 heteroatoms. The summed E-state index contributed by atoms with van der Waals surface area (Å²) in [5.41, 5.74) is 2.13. The fraction of sp³-hybridized carbons (Fsp3) is 0.231. The molecular formula is C13H14BrF2N5. The minimum absolute atomic E-state index is 0.265. The molecule has 0 aliphatic rings. The molecule has 0 unspecified atom stereocenters. The zero-order chi connectivity index (χ0) is 15.4. The van der Waals surface area contributed by atoms with Crippen molar-refractivity contribution in [1.82, 2.24) is 9.97 Å². The van der Waals surface area contributed by atoms with Crippen molar-refractivity contribution in [2.24, 2.45) is 5.84 Å². The topological polar surface area (TPSA) is 75.9 Å². The van der Waals surface area contributed by atoms with E-state index in [4.69, 9.17) is 5.84 Å². The van der Waals surface area contributed by atoms with Crippen LogP contribution in [0.1, 0.15) is 19.2 Å². The summed E-state index contributed by atoms with van der Waals surface area (Å²) in [4.78, 5) is 8.37. The number of aryl methyl sites for hydroxylation is 1. The van der Waals surface area contributed by atoms with Crippen LogP contribution in [0.2, 0.25) is 0 Å². The number of hydrogen-bond donors (Lipinski definition) is 3. The number of anilines is 3. The van der Waals surface area contributed by atoms with Gasteiger partial charge in [0.2, 0.25) is 0 Å². The smallest absolute Gasteiger partial charge is 0.150 e. The maximum Gasteiger partial charge on any atom is 0.150 e. The molecule has 0 saturated heterocycles. The van der Waals surface area contributed by atoms with Gasteiger partial charge in [-0.3, -0.25) is 0 Å². The Hall–Kier alpha value is -1.80. The number of halogens is 3. The van der Waals surface area contributed by atoms with E-state index in [0.717, 1.165) is 6.42 Å². The van der Waals surface area contributed by atoms with Crippen molar-refractivity contribution in [2.75, 3.05) is 10.7 Å². The molecule has 1 aromatic heterocycles. The highest BCUT2D eigenvalue weighted by Crippen LogP contribution is 2.26. The first-order valence-corrected chi connectivity index (χ1v) is 7.09. The highest BCUT2D eigenvalue weighted by Gasteiger charge is 2.12. The molecule has 0 bridgehead atoms. The van der Waals surface area contributed by atoms with Crippen LogP contribution in [-0.2, 0) is 6.42 Å². The molecule has 5 nitrogen and oxygen atoms in total. The Bertz CT molecular complexity index is 627. The number of benzene rings is 1. The zero-order valence-electron chi connectivity index (χ0n) is 11.3. The van der Waals surface area contributed by atoms with E-state index >= 15 is 0 Å². The number of nitrogens with one attached hydrogen (secondary N) is 2. The standard InChI is InChI=1S/C13H14BrF2N5/c1-2-3-10-18-11(6-12(19-10)21-17)20-13-8(15)4-7(14)5-9(13)16/h4-6H,2-3,17H2,1H3,(H2,18,19,20,21). The molecule has 1 aromatic carbocycles. The third-order valence-electron chi connectivity index (χ3n) is 2.65. The van der Waals surface area contributed by atoms with Crippen molar-refractivity contribution < 1.29 is 8.78 Å². The van der Waals surface area contributed by atoms with Crippen LogP contribution in [0.25, 0.3) is 0 Å². The lowest BCUT2D eigenvalue weighted by Crippen LogP contribution is -2.12. The quantitative estimate of drug-likeness (QED) is 0.564. The Morgan fingerprint density at radius 2 is 1.76 bits per heavy atom. The first kappa shape index (κ1) is 15.6. The summed E-state index contributed by atoms with van der Waals surface area (Å²) in [5.74, 6) is 5.06. The molecule has 4 N–H and O–H groups in total. The lowest BCUT2D eigenvalue weighted by molar-refractivity contribution is 0.589. The summed E-state index contributed by atoms with van der Waals surface area (Å²) >= 11 is 3.03. The van der Waals surface area contributed by atoms with E-state index in [1.165, 1.54) is 18.2 Å². The lowest BCUT2D eigenvalue weighted by atomic mass is 10.3. The Kier molecular flexibility index (Phi) is 5.03. The lowest BCUT2D eigenvalue weighted by Gasteiger charge is -2.11. The molecule has 0 aliphatic heterocycles. The summed E-state index contributed by atoms with van der Waals surface area (Å²) in [6, 6.07) is 3.81. The van der Waals surface area contributed by atoms with Crippen molar-refractivity contribution >= 4 is 33.3 Å². The molecule has 0 amide bonds. The van der Waals surface area contributed by atoms with Crippen LogP contribution in [0, 0.1) is 11.6 Å². The molecule has 0 radical (unpaired) electrons. The monoisotopic (exact) mass is 357 g/mol. The number of rotatable bonds is 5. The van der Waals surface area contributed by atoms with Gasteiger partial charge in [0.05, 0.1) is 0 Å². The second-order valence-corrected chi connectivity index (χ2v) is 5.23. The number of nitrogens with zero attached hydrogens (tertiary/aromatic N) is 2. The van der Waals surface area contributed by atoms with E-state index < -0.39 is 11.6 Å². The van der Waals surface area contributed by atoms with Crippen LogP contribution in [-0.4, -0.2) is 9.97 Å². The molecular weight excluding hydrogens is 344 g/mol. The molecule has 1 heterocycles. The van der Waals surface area contributed by atoms with E-state index in [1.807, 2.05) is 6.92 Å². The third-order valence-corrected chi connectivity index (χ3v) is 3.11. The Balaban J connectivity index is 2.37. The highest BCUT2D eigenvalue weighted by atomic mass is 79.9. The van der Waals surface area contributed by atoms with Gasteiger partial charge in [0.25, 0.3) is 0 Å². The predicted molar refractivity (Wildman–Crippen MR) is 81.2 cm³/mol. The predicted octanol–water partition coefficient (Wildman–Crippen LogP) is 3.50. The number of aromatic nitrogens is 2. The van der Waals surface area contributed by atoms with Crippen molar-refractivity contribution in [3.8, 4) is 0 Å². The number of nitrogens with two attached hydrogens (primary N) is 1. The van der Waals surface area contributed by atoms with Gasteiger partial charge in [-0.2, -0.15) is 0 Å². The van der Waals surface area contributed by atoms with Crippen LogP contribution < -0.4 is 16.6 Å². The van der Waals surface area contributed by atoms with Crippen LogP contribution in [0.4, 0.5) is 26.1 Å². The fourth-order valence-corrected chi connectivity index (χ4v) is 2.16. The van der Waals surface area contributed by atoms with Crippen molar-refractivity contribution in [1.29, 1.82) is 0 Å². The maximum atomic E-state index is 13.8. The molecule has 0 aliphatic carbocycles. The third kappa shape index (κ3) is 3.85. The van der Waals surface area contributed by atoms with Crippen molar-refractivity contribution in [3.63, 3.8) is 0 Å². The van der Waals surface area contributed by atoms with E-state index in [-0.39, 0.29) is 11.5 Å². The zero-order valence-corrected chi connectivity index (χ0v) is 12.8. The number of hydrazine groups is 1. The first-order valence-electron chi connectivity index (χ1n) is 6.29. The average Bonchev–Trinajstić information content (AvgIpc) is 2.43. The Labute approximate surface area is 129 Å². The van der Waals surface area contributed by atoms with Gasteiger partial charge in [-0.05, 0) is 18.6 Å². The van der Waals surface area contributed by atoms with E-state index in [9.17, 15) is 8.78 Å². The largest absolute Gasteiger partial charge is 0.335 e. The van der Waals surface area contributed by atoms with Gasteiger partial charge in [0.15, 0.2) is 11.6 Å². The molecule has 112 valence electrons. The minimum atomic E-state index is -0.722. The van der Waals surface area contributed by atoms with Gasteiger partial charge >= 0.3 is 0 Å². The van der Waals surface area contributed by atoms with Crippen LogP contribution >= 0.6 is 15.9 Å². The van der Waals surface area contributed by atoms with Gasteiger partial charge in [0, 0.05) is 17.0 Å². The van der Waals surface area contributed by atoms with Crippen molar-refractivity contribution in [2.45, 2.75) is 19.8 Å². The number of hydrogen-bond acceptors (Lipinski definition) is 5. The summed E-state index contributed by atoms with van der Waals surface area (Å²) in [5, 5.41) is 2.62. The second kappa shape index (κ2) is 6.77. The van der Waals surface area contributed by atoms with Crippen LogP contribution in [0.5, 0.6) is 0 Å². The van der Waals surface area contributed by atoms with E-state index in [2.05, 4.69) is 36.6 Å². The molecule has 0 fully saturated rings. The molecule has 21 heavy (non-hydrogen) atoms. The van der Waals surface area contributed by atoms with Gasteiger partial charge in [0.1, 0.15) is 23.1 Å². The molecule has 0 atom stereocenters. The SMILES string of the molecule is CCCc1nc(NN)cc(Nc2c(F)cc(Br)cc2F)n1. The minimum Gasteiger partial charge on any atom is -0.335 e. The van der Waals surface area contributed by atoms with Gasteiger partial charge in [-0.15, -0.1) is 0 Å². The molecule has 2 rings (SSSR count). The summed E-state index contributed by atoms with van der Waals surface area (Å²) in [6.45, 7) is 1.98. The number of nitrogen functional groups attached to an aromatic ring is 1. The van der Waals surface area contributed by atoms with Gasteiger partial charge in [-0.25, -0.2) is 24.6 Å². The highest BCUT2D eigenvalue weighted by molar-refractivity contribution is 9.10. The van der Waals surface area contributed by atoms with E-state index in [1.54, 1.807) is 0 Å². The normalized spacial score (nSPS) is 10.5. The summed E-state index contributed by atoms with van der Waals surface area (Å²) in [6.07, 6.45) is 1.48.